The van der Waals surface area contributed by atoms with Crippen LogP contribution in [0.4, 0.5) is 0 Å². The normalized spacial score (nSPS) is 18.8. The number of likely N-dealkylation sites (tertiary alicyclic amines) is 1. The van der Waals surface area contributed by atoms with Crippen molar-refractivity contribution >= 4 is 5.96 Å². The summed E-state index contributed by atoms with van der Waals surface area (Å²) in [7, 11) is 0. The summed E-state index contributed by atoms with van der Waals surface area (Å²) >= 11 is 0. The molecule has 0 aromatic rings. The first-order valence-corrected chi connectivity index (χ1v) is 9.97. The number of aliphatic imine (C=N–C) groups is 1. The number of rotatable bonds is 10. The Morgan fingerprint density at radius 1 is 1.25 bits per heavy atom. The second-order valence-electron chi connectivity index (χ2n) is 7.49. The predicted octanol–water partition coefficient (Wildman–Crippen LogP) is 2.46. The lowest BCUT2D eigenvalue weighted by atomic mass is 9.94. The van der Waals surface area contributed by atoms with Crippen LogP contribution in [-0.4, -0.2) is 61.3 Å². The zero-order valence-electron chi connectivity index (χ0n) is 16.4. The molecule has 0 saturated carbocycles. The molecule has 0 spiro atoms. The number of aliphatic hydroxyl groups excluding tert-OH is 1. The van der Waals surface area contributed by atoms with Crippen molar-refractivity contribution in [1.82, 2.24) is 15.5 Å². The van der Waals surface area contributed by atoms with Crippen LogP contribution in [0.3, 0.4) is 0 Å². The molecule has 1 atom stereocenters. The molecule has 5 nitrogen and oxygen atoms in total. The summed E-state index contributed by atoms with van der Waals surface area (Å²) in [5.74, 6) is 2.06. The van der Waals surface area contributed by atoms with Gasteiger partial charge >= 0.3 is 0 Å². The Balaban J connectivity index is 2.49. The Hall–Kier alpha value is -0.810. The van der Waals surface area contributed by atoms with Gasteiger partial charge in [-0.2, -0.15) is 0 Å². The third-order valence-electron chi connectivity index (χ3n) is 4.66. The maximum atomic E-state index is 9.26. The summed E-state index contributed by atoms with van der Waals surface area (Å²) < 4.78 is 0. The van der Waals surface area contributed by atoms with Crippen molar-refractivity contribution in [2.45, 2.75) is 65.8 Å². The highest BCUT2D eigenvalue weighted by molar-refractivity contribution is 5.80. The van der Waals surface area contributed by atoms with Crippen molar-refractivity contribution in [2.24, 2.45) is 16.8 Å². The summed E-state index contributed by atoms with van der Waals surface area (Å²) in [5.41, 5.74) is 0. The van der Waals surface area contributed by atoms with Gasteiger partial charge in [0.25, 0.3) is 0 Å². The van der Waals surface area contributed by atoms with Gasteiger partial charge in [0.1, 0.15) is 0 Å². The third kappa shape index (κ3) is 8.88. The van der Waals surface area contributed by atoms with Gasteiger partial charge in [0.2, 0.25) is 0 Å². The molecule has 142 valence electrons. The molecular formula is C19H40N4O. The maximum absolute atomic E-state index is 9.26. The van der Waals surface area contributed by atoms with Gasteiger partial charge in [-0.1, -0.05) is 20.8 Å². The fourth-order valence-electron chi connectivity index (χ4n) is 3.48. The van der Waals surface area contributed by atoms with Crippen LogP contribution in [0.2, 0.25) is 0 Å². The summed E-state index contributed by atoms with van der Waals surface area (Å²) in [4.78, 5) is 7.36. The molecule has 1 aliphatic heterocycles. The highest BCUT2D eigenvalue weighted by Gasteiger charge is 2.19. The zero-order chi connectivity index (χ0) is 17.8. The fraction of sp³-hybridized carbons (Fsp3) is 0.947. The number of piperidine rings is 1. The standard InChI is InChI=1S/C19H40N4O/c1-5-10-23-11-7-18(8-12-23)22-19(20-6-2)21-15-17(9-13-24)14-16(3)4/h16-18,24H,5-15H2,1-4H3,(H2,20,21,22). The fourth-order valence-corrected chi connectivity index (χ4v) is 3.48. The lowest BCUT2D eigenvalue weighted by molar-refractivity contribution is 0.206. The van der Waals surface area contributed by atoms with Crippen LogP contribution in [0.1, 0.15) is 59.8 Å². The van der Waals surface area contributed by atoms with Gasteiger partial charge in [0.15, 0.2) is 5.96 Å². The minimum absolute atomic E-state index is 0.257. The van der Waals surface area contributed by atoms with Gasteiger partial charge in [-0.25, -0.2) is 0 Å². The van der Waals surface area contributed by atoms with Crippen molar-refractivity contribution in [3.05, 3.63) is 0 Å². The van der Waals surface area contributed by atoms with Gasteiger partial charge < -0.3 is 20.6 Å². The molecule has 0 bridgehead atoms. The highest BCUT2D eigenvalue weighted by Crippen LogP contribution is 2.16. The summed E-state index contributed by atoms with van der Waals surface area (Å²) in [6.07, 6.45) is 5.59. The van der Waals surface area contributed by atoms with Crippen LogP contribution >= 0.6 is 0 Å². The molecule has 1 unspecified atom stereocenters. The van der Waals surface area contributed by atoms with Crippen LogP contribution in [0.15, 0.2) is 4.99 Å². The smallest absolute Gasteiger partial charge is 0.191 e. The monoisotopic (exact) mass is 340 g/mol. The van der Waals surface area contributed by atoms with Gasteiger partial charge in [0.05, 0.1) is 0 Å². The molecule has 1 fully saturated rings. The second-order valence-corrected chi connectivity index (χ2v) is 7.49. The van der Waals surface area contributed by atoms with Gasteiger partial charge in [-0.3, -0.25) is 4.99 Å². The summed E-state index contributed by atoms with van der Waals surface area (Å²) in [5, 5.41) is 16.3. The number of hydrogen-bond donors (Lipinski definition) is 3. The molecule has 1 saturated heterocycles. The Bertz CT molecular complexity index is 338. The third-order valence-corrected chi connectivity index (χ3v) is 4.66. The van der Waals surface area contributed by atoms with E-state index in [4.69, 9.17) is 4.99 Å². The minimum atomic E-state index is 0.257. The van der Waals surface area contributed by atoms with E-state index in [2.05, 4.69) is 43.2 Å². The van der Waals surface area contributed by atoms with E-state index >= 15 is 0 Å². The van der Waals surface area contributed by atoms with Crippen LogP contribution < -0.4 is 10.6 Å². The molecule has 0 aromatic carbocycles. The quantitative estimate of drug-likeness (QED) is 0.422. The van der Waals surface area contributed by atoms with Crippen molar-refractivity contribution in [3.8, 4) is 0 Å². The topological polar surface area (TPSA) is 59.9 Å². The summed E-state index contributed by atoms with van der Waals surface area (Å²) in [6, 6.07) is 0.525. The van der Waals surface area contributed by atoms with E-state index < -0.39 is 0 Å². The SMILES string of the molecule is CCCN1CCC(NC(=NCC(CCO)CC(C)C)NCC)CC1. The Morgan fingerprint density at radius 3 is 2.50 bits per heavy atom. The molecule has 0 aromatic heterocycles. The molecule has 0 amide bonds. The molecule has 3 N–H and O–H groups in total. The lowest BCUT2D eigenvalue weighted by Gasteiger charge is -2.33. The molecule has 1 aliphatic rings. The van der Waals surface area contributed by atoms with E-state index in [9.17, 15) is 5.11 Å². The average molecular weight is 341 g/mol. The van der Waals surface area contributed by atoms with E-state index in [1.807, 2.05) is 0 Å². The van der Waals surface area contributed by atoms with Crippen molar-refractivity contribution in [1.29, 1.82) is 0 Å². The zero-order valence-corrected chi connectivity index (χ0v) is 16.4. The van der Waals surface area contributed by atoms with E-state index in [1.54, 1.807) is 0 Å². The van der Waals surface area contributed by atoms with E-state index in [-0.39, 0.29) is 6.61 Å². The Kier molecular flexibility index (Phi) is 11.1. The van der Waals surface area contributed by atoms with Crippen LogP contribution in [0.25, 0.3) is 0 Å². The molecule has 1 heterocycles. The predicted molar refractivity (Wildman–Crippen MR) is 104 cm³/mol. The first-order chi connectivity index (χ1) is 11.6. The number of nitrogens with one attached hydrogen (secondary N) is 2. The van der Waals surface area contributed by atoms with E-state index in [0.717, 1.165) is 31.9 Å². The molecule has 0 radical (unpaired) electrons. The maximum Gasteiger partial charge on any atom is 0.191 e. The molecule has 0 aliphatic carbocycles. The second kappa shape index (κ2) is 12.5. The van der Waals surface area contributed by atoms with E-state index in [1.165, 1.54) is 38.9 Å². The van der Waals surface area contributed by atoms with Crippen LogP contribution in [0, 0.1) is 11.8 Å². The van der Waals surface area contributed by atoms with Crippen LogP contribution in [0.5, 0.6) is 0 Å². The van der Waals surface area contributed by atoms with Gasteiger partial charge in [0, 0.05) is 38.8 Å². The van der Waals surface area contributed by atoms with Gasteiger partial charge in [-0.15, -0.1) is 0 Å². The average Bonchev–Trinajstić information content (AvgIpc) is 2.54. The lowest BCUT2D eigenvalue weighted by Crippen LogP contribution is -2.48. The molecule has 1 rings (SSSR count). The van der Waals surface area contributed by atoms with Crippen molar-refractivity contribution in [3.63, 3.8) is 0 Å². The number of guanidine groups is 1. The number of aliphatic hydroxyl groups is 1. The Morgan fingerprint density at radius 2 is 1.96 bits per heavy atom. The van der Waals surface area contributed by atoms with E-state index in [0.29, 0.717) is 17.9 Å². The van der Waals surface area contributed by atoms with Crippen molar-refractivity contribution < 1.29 is 5.11 Å². The number of hydrogen-bond acceptors (Lipinski definition) is 3. The largest absolute Gasteiger partial charge is 0.396 e. The van der Waals surface area contributed by atoms with Gasteiger partial charge in [-0.05, 0) is 57.4 Å². The van der Waals surface area contributed by atoms with Crippen molar-refractivity contribution in [2.75, 3.05) is 39.3 Å². The van der Waals surface area contributed by atoms with Crippen LogP contribution in [-0.2, 0) is 0 Å². The molecular weight excluding hydrogens is 300 g/mol. The summed E-state index contributed by atoms with van der Waals surface area (Å²) in [6.45, 7) is 14.4. The first-order valence-electron chi connectivity index (χ1n) is 9.97. The molecule has 24 heavy (non-hydrogen) atoms. The minimum Gasteiger partial charge on any atom is -0.396 e. The Labute approximate surface area is 149 Å². The molecule has 5 heteroatoms. The highest BCUT2D eigenvalue weighted by atomic mass is 16.3. The number of nitrogens with zero attached hydrogens (tertiary/aromatic N) is 2. The first kappa shape index (κ1) is 21.2.